The summed E-state index contributed by atoms with van der Waals surface area (Å²) in [6, 6.07) is 4.63. The molecule has 1 atom stereocenters. The number of rotatable bonds is 7. The van der Waals surface area contributed by atoms with Gasteiger partial charge >= 0.3 is 0 Å². The second kappa shape index (κ2) is 8.60. The lowest BCUT2D eigenvalue weighted by Gasteiger charge is -2.15. The summed E-state index contributed by atoms with van der Waals surface area (Å²) in [5, 5.41) is 5.68. The Morgan fingerprint density at radius 2 is 2.00 bits per heavy atom. The number of carbonyl (C=O) groups is 2. The molecule has 0 saturated heterocycles. The maximum Gasteiger partial charge on any atom is 0.239 e. The molecular weight excluding hydrogens is 306 g/mol. The Morgan fingerprint density at radius 1 is 1.32 bits per heavy atom. The maximum atomic E-state index is 11.7. The highest BCUT2D eigenvalue weighted by Crippen LogP contribution is 2.24. The average molecular weight is 328 g/mol. The van der Waals surface area contributed by atoms with Gasteiger partial charge in [0, 0.05) is 6.54 Å². The molecule has 2 amide bonds. The van der Waals surface area contributed by atoms with E-state index >= 15 is 0 Å². The van der Waals surface area contributed by atoms with E-state index in [0.717, 1.165) is 5.56 Å². The molecule has 0 saturated carbocycles. The summed E-state index contributed by atoms with van der Waals surface area (Å²) < 4.78 is 5.05. The first kappa shape index (κ1) is 18.3. The predicted octanol–water partition coefficient (Wildman–Crippen LogP) is 1.06. The fourth-order valence-electron chi connectivity index (χ4n) is 1.67. The van der Waals surface area contributed by atoms with Crippen molar-refractivity contribution in [2.75, 3.05) is 13.7 Å². The van der Waals surface area contributed by atoms with Crippen LogP contribution in [0.25, 0.3) is 0 Å². The number of hydrogen-bond donors (Lipinski definition) is 3. The smallest absolute Gasteiger partial charge is 0.239 e. The molecule has 0 unspecified atom stereocenters. The molecular formula is C15H22ClN3O3. The largest absolute Gasteiger partial charge is 0.495 e. The lowest BCUT2D eigenvalue weighted by Crippen LogP contribution is -2.47. The third-order valence-corrected chi connectivity index (χ3v) is 3.45. The van der Waals surface area contributed by atoms with Gasteiger partial charge < -0.3 is 21.1 Å². The molecule has 1 aromatic rings. The summed E-state index contributed by atoms with van der Waals surface area (Å²) in [7, 11) is 1.53. The molecule has 0 bridgehead atoms. The van der Waals surface area contributed by atoms with E-state index in [9.17, 15) is 9.59 Å². The van der Waals surface area contributed by atoms with Gasteiger partial charge in [0.15, 0.2) is 0 Å². The zero-order chi connectivity index (χ0) is 16.7. The molecule has 0 aliphatic heterocycles. The van der Waals surface area contributed by atoms with Gasteiger partial charge in [-0.1, -0.05) is 31.5 Å². The van der Waals surface area contributed by atoms with Crippen LogP contribution in [0.15, 0.2) is 18.2 Å². The zero-order valence-electron chi connectivity index (χ0n) is 13.0. The standard InChI is InChI=1S/C15H22ClN3O3/c1-9(2)14(17)15(21)19-8-13(20)18-7-10-4-5-12(22-3)11(16)6-10/h4-6,9,14H,7-8,17H2,1-3H3,(H,18,20)(H,19,21)/t14-/m0/s1. The molecule has 0 aliphatic carbocycles. The molecule has 1 aromatic carbocycles. The van der Waals surface area contributed by atoms with Gasteiger partial charge in [0.05, 0.1) is 24.7 Å². The monoisotopic (exact) mass is 327 g/mol. The SMILES string of the molecule is COc1ccc(CNC(=O)CNC(=O)[C@@H](N)C(C)C)cc1Cl. The van der Waals surface area contributed by atoms with Crippen LogP contribution in [0.4, 0.5) is 0 Å². The Morgan fingerprint density at radius 3 is 2.55 bits per heavy atom. The number of halogens is 1. The van der Waals surface area contributed by atoms with Crippen LogP contribution in [0.1, 0.15) is 19.4 Å². The van der Waals surface area contributed by atoms with Gasteiger partial charge in [-0.25, -0.2) is 0 Å². The van der Waals surface area contributed by atoms with Crippen molar-refractivity contribution >= 4 is 23.4 Å². The normalized spacial score (nSPS) is 11.9. The Hall–Kier alpha value is -1.79. The average Bonchev–Trinajstić information content (AvgIpc) is 2.49. The predicted molar refractivity (Wildman–Crippen MR) is 85.7 cm³/mol. The van der Waals surface area contributed by atoms with Gasteiger partial charge in [0.1, 0.15) is 5.75 Å². The van der Waals surface area contributed by atoms with Crippen molar-refractivity contribution in [1.29, 1.82) is 0 Å². The Balaban J connectivity index is 2.40. The first-order valence-electron chi connectivity index (χ1n) is 6.97. The van der Waals surface area contributed by atoms with Crippen LogP contribution in [0.2, 0.25) is 5.02 Å². The van der Waals surface area contributed by atoms with E-state index in [1.165, 1.54) is 7.11 Å². The van der Waals surface area contributed by atoms with Gasteiger partial charge in [-0.05, 0) is 23.6 Å². The molecule has 0 fully saturated rings. The first-order chi connectivity index (χ1) is 10.3. The Labute approximate surface area is 135 Å². The molecule has 122 valence electrons. The van der Waals surface area contributed by atoms with E-state index in [1.807, 2.05) is 13.8 Å². The van der Waals surface area contributed by atoms with Crippen molar-refractivity contribution in [1.82, 2.24) is 10.6 Å². The lowest BCUT2D eigenvalue weighted by atomic mass is 10.1. The van der Waals surface area contributed by atoms with E-state index in [0.29, 0.717) is 17.3 Å². The summed E-state index contributed by atoms with van der Waals surface area (Å²) in [6.07, 6.45) is 0. The van der Waals surface area contributed by atoms with Crippen LogP contribution >= 0.6 is 11.6 Å². The van der Waals surface area contributed by atoms with E-state index in [1.54, 1.807) is 18.2 Å². The highest BCUT2D eigenvalue weighted by atomic mass is 35.5. The summed E-state index contributed by atoms with van der Waals surface area (Å²) in [5.74, 6) is -0.0370. The minimum absolute atomic E-state index is 0.0181. The fourth-order valence-corrected chi connectivity index (χ4v) is 1.95. The molecule has 4 N–H and O–H groups in total. The number of amides is 2. The quantitative estimate of drug-likeness (QED) is 0.698. The lowest BCUT2D eigenvalue weighted by molar-refractivity contribution is -0.127. The number of methoxy groups -OCH3 is 1. The minimum Gasteiger partial charge on any atom is -0.495 e. The fraction of sp³-hybridized carbons (Fsp3) is 0.467. The zero-order valence-corrected chi connectivity index (χ0v) is 13.7. The van der Waals surface area contributed by atoms with Crippen molar-refractivity contribution in [2.24, 2.45) is 11.7 Å². The summed E-state index contributed by atoms with van der Waals surface area (Å²) in [4.78, 5) is 23.3. The van der Waals surface area contributed by atoms with E-state index in [4.69, 9.17) is 22.1 Å². The van der Waals surface area contributed by atoms with E-state index in [-0.39, 0.29) is 24.3 Å². The van der Waals surface area contributed by atoms with Crippen LogP contribution in [-0.2, 0) is 16.1 Å². The Bertz CT molecular complexity index is 535. The van der Waals surface area contributed by atoms with Crippen molar-refractivity contribution in [3.63, 3.8) is 0 Å². The molecule has 0 heterocycles. The number of nitrogens with one attached hydrogen (secondary N) is 2. The van der Waals surface area contributed by atoms with Gasteiger partial charge in [-0.2, -0.15) is 0 Å². The van der Waals surface area contributed by atoms with Gasteiger partial charge in [-0.3, -0.25) is 9.59 Å². The van der Waals surface area contributed by atoms with Crippen molar-refractivity contribution in [3.05, 3.63) is 28.8 Å². The molecule has 0 radical (unpaired) electrons. The van der Waals surface area contributed by atoms with Crippen molar-refractivity contribution in [3.8, 4) is 5.75 Å². The summed E-state index contributed by atoms with van der Waals surface area (Å²) >= 11 is 6.00. The number of carbonyl (C=O) groups excluding carboxylic acids is 2. The second-order valence-electron chi connectivity index (χ2n) is 5.23. The van der Waals surface area contributed by atoms with E-state index in [2.05, 4.69) is 10.6 Å². The van der Waals surface area contributed by atoms with Crippen molar-refractivity contribution in [2.45, 2.75) is 26.4 Å². The minimum atomic E-state index is -0.617. The van der Waals surface area contributed by atoms with Crippen LogP contribution < -0.4 is 21.1 Å². The molecule has 0 spiro atoms. The van der Waals surface area contributed by atoms with Crippen LogP contribution in [0.5, 0.6) is 5.75 Å². The number of nitrogens with two attached hydrogens (primary N) is 1. The van der Waals surface area contributed by atoms with Gasteiger partial charge in [-0.15, -0.1) is 0 Å². The van der Waals surface area contributed by atoms with Crippen LogP contribution in [0, 0.1) is 5.92 Å². The first-order valence-corrected chi connectivity index (χ1v) is 7.35. The molecule has 0 aromatic heterocycles. The molecule has 6 nitrogen and oxygen atoms in total. The van der Waals surface area contributed by atoms with Crippen LogP contribution in [0.3, 0.4) is 0 Å². The maximum absolute atomic E-state index is 11.7. The topological polar surface area (TPSA) is 93.5 Å². The summed E-state index contributed by atoms with van der Waals surface area (Å²) in [6.45, 7) is 3.90. The van der Waals surface area contributed by atoms with E-state index < -0.39 is 6.04 Å². The molecule has 0 aliphatic rings. The molecule has 1 rings (SSSR count). The number of hydrogen-bond acceptors (Lipinski definition) is 4. The molecule has 22 heavy (non-hydrogen) atoms. The highest BCUT2D eigenvalue weighted by Gasteiger charge is 2.17. The van der Waals surface area contributed by atoms with Gasteiger partial charge in [0.2, 0.25) is 11.8 Å². The summed E-state index contributed by atoms with van der Waals surface area (Å²) in [5.41, 5.74) is 6.52. The van der Waals surface area contributed by atoms with Crippen LogP contribution in [-0.4, -0.2) is 31.5 Å². The third kappa shape index (κ3) is 5.54. The highest BCUT2D eigenvalue weighted by molar-refractivity contribution is 6.32. The molecule has 7 heteroatoms. The third-order valence-electron chi connectivity index (χ3n) is 3.15. The number of benzene rings is 1. The number of ether oxygens (including phenoxy) is 1. The Kier molecular flexibility index (Phi) is 7.14. The van der Waals surface area contributed by atoms with Crippen molar-refractivity contribution < 1.29 is 14.3 Å². The second-order valence-corrected chi connectivity index (χ2v) is 5.64. The van der Waals surface area contributed by atoms with Gasteiger partial charge in [0.25, 0.3) is 0 Å².